The van der Waals surface area contributed by atoms with Crippen molar-refractivity contribution in [3.63, 3.8) is 0 Å². The first-order valence-electron chi connectivity index (χ1n) is 10.1. The van der Waals surface area contributed by atoms with Gasteiger partial charge < -0.3 is 9.64 Å². The topological polar surface area (TPSA) is 64.4 Å². The van der Waals surface area contributed by atoms with Crippen molar-refractivity contribution in [2.75, 3.05) is 13.7 Å². The fourth-order valence-electron chi connectivity index (χ4n) is 4.10. The molecule has 0 bridgehead atoms. The predicted molar refractivity (Wildman–Crippen MR) is 121 cm³/mol. The van der Waals surface area contributed by atoms with Crippen LogP contribution in [0, 0.1) is 0 Å². The van der Waals surface area contributed by atoms with Crippen molar-refractivity contribution >= 4 is 34.8 Å². The third-order valence-corrected chi connectivity index (χ3v) is 6.85. The van der Waals surface area contributed by atoms with Gasteiger partial charge in [-0.2, -0.15) is 18.3 Å². The summed E-state index contributed by atoms with van der Waals surface area (Å²) in [6.07, 6.45) is -2.35. The van der Waals surface area contributed by atoms with Gasteiger partial charge >= 0.3 is 12.1 Å². The van der Waals surface area contributed by atoms with Gasteiger partial charge in [0.1, 0.15) is 6.54 Å². The molecule has 0 spiro atoms. The molecule has 3 aromatic rings. The van der Waals surface area contributed by atoms with Crippen molar-refractivity contribution in [2.24, 2.45) is 0 Å². The quantitative estimate of drug-likeness (QED) is 0.354. The molecule has 1 aliphatic heterocycles. The summed E-state index contributed by atoms with van der Waals surface area (Å²) in [7, 11) is 1.15. The summed E-state index contributed by atoms with van der Waals surface area (Å²) in [5.41, 5.74) is 0.482. The third-order valence-electron chi connectivity index (χ3n) is 5.59. The van der Waals surface area contributed by atoms with Gasteiger partial charge in [0, 0.05) is 29.1 Å². The van der Waals surface area contributed by atoms with E-state index >= 15 is 0 Å². The molecule has 0 unspecified atom stereocenters. The Kier molecular flexibility index (Phi) is 6.55. The highest BCUT2D eigenvalue weighted by Gasteiger charge is 2.39. The van der Waals surface area contributed by atoms with Crippen molar-refractivity contribution in [1.29, 1.82) is 0 Å². The molecule has 6 nitrogen and oxygen atoms in total. The number of amides is 1. The molecule has 0 saturated heterocycles. The molecule has 1 atom stereocenters. The largest absolute Gasteiger partial charge is 0.468 e. The Hall–Kier alpha value is -3.11. The van der Waals surface area contributed by atoms with Crippen LogP contribution in [0.1, 0.15) is 27.6 Å². The molecular formula is C23H19ClF3N3O3S. The number of esters is 1. The number of carbonyl (C=O) groups is 2. The van der Waals surface area contributed by atoms with Gasteiger partial charge in [0.25, 0.3) is 0 Å². The summed E-state index contributed by atoms with van der Waals surface area (Å²) < 4.78 is 47.8. The fourth-order valence-corrected chi connectivity index (χ4v) is 5.46. The van der Waals surface area contributed by atoms with Crippen LogP contribution in [0.15, 0.2) is 49.2 Å². The summed E-state index contributed by atoms with van der Waals surface area (Å²) in [5, 5.41) is 3.63. The molecule has 178 valence electrons. The number of thiophene rings is 1. The zero-order valence-corrected chi connectivity index (χ0v) is 19.5. The van der Waals surface area contributed by atoms with Gasteiger partial charge in [-0.25, -0.2) is 0 Å². The lowest BCUT2D eigenvalue weighted by Crippen LogP contribution is -2.37. The number of alkyl halides is 3. The van der Waals surface area contributed by atoms with Gasteiger partial charge in [-0.05, 0) is 28.8 Å². The lowest BCUT2D eigenvalue weighted by Gasteiger charge is -2.33. The first-order valence-corrected chi connectivity index (χ1v) is 11.3. The normalized spacial score (nSPS) is 15.7. The van der Waals surface area contributed by atoms with Crippen molar-refractivity contribution in [2.45, 2.75) is 25.2 Å². The minimum Gasteiger partial charge on any atom is -0.468 e. The van der Waals surface area contributed by atoms with E-state index in [-0.39, 0.29) is 18.0 Å². The molecule has 34 heavy (non-hydrogen) atoms. The van der Waals surface area contributed by atoms with Crippen molar-refractivity contribution in [3.8, 4) is 11.1 Å². The van der Waals surface area contributed by atoms with E-state index in [2.05, 4.69) is 16.4 Å². The Balaban J connectivity index is 1.87. The summed E-state index contributed by atoms with van der Waals surface area (Å²) in [5.74, 6) is -1.42. The Labute approximate surface area is 202 Å². The molecule has 1 aromatic carbocycles. The number of fused-ring (bicyclic) bond motifs is 1. The Morgan fingerprint density at radius 1 is 1.29 bits per heavy atom. The van der Waals surface area contributed by atoms with Crippen LogP contribution in [0.2, 0.25) is 4.34 Å². The van der Waals surface area contributed by atoms with E-state index in [1.54, 1.807) is 35.2 Å². The zero-order valence-electron chi connectivity index (χ0n) is 17.9. The van der Waals surface area contributed by atoms with Crippen LogP contribution in [0.3, 0.4) is 0 Å². The van der Waals surface area contributed by atoms with E-state index in [0.29, 0.717) is 22.0 Å². The van der Waals surface area contributed by atoms with Crippen LogP contribution in [-0.4, -0.2) is 40.2 Å². The highest BCUT2D eigenvalue weighted by Crippen LogP contribution is 2.45. The SMILES string of the molecule is C=CC(=O)N1Cc2sc(Cl)cc2[C@H](c2ccccc2-c2cn(CC(=O)OC)nc2C(F)(F)F)C1. The summed E-state index contributed by atoms with van der Waals surface area (Å²) in [6.45, 7) is 3.68. The Morgan fingerprint density at radius 2 is 2.03 bits per heavy atom. The fraction of sp³-hybridized carbons (Fsp3) is 0.261. The molecule has 0 N–H and O–H groups in total. The number of hydrogen-bond donors (Lipinski definition) is 0. The molecule has 1 amide bonds. The summed E-state index contributed by atoms with van der Waals surface area (Å²) in [6, 6.07) is 8.46. The molecular weight excluding hydrogens is 491 g/mol. The average Bonchev–Trinajstić information content (AvgIpc) is 3.40. The molecule has 1 aliphatic rings. The standard InChI is InChI=1S/C23H19ClF3N3O3S/c1-3-20(31)29-9-16(15-8-19(24)34-18(15)11-29)13-6-4-5-7-14(13)17-10-30(12-21(32)33-2)28-22(17)23(25,26)27/h3-8,10,16H,1,9,11-12H2,2H3/t16-/m0/s1. The maximum Gasteiger partial charge on any atom is 0.435 e. The second kappa shape index (κ2) is 9.27. The van der Waals surface area contributed by atoms with E-state index in [0.717, 1.165) is 22.2 Å². The first-order chi connectivity index (χ1) is 16.1. The number of methoxy groups -OCH3 is 1. The minimum absolute atomic E-state index is 0.165. The monoisotopic (exact) mass is 509 g/mol. The number of carbonyl (C=O) groups excluding carboxylic acids is 2. The van der Waals surface area contributed by atoms with E-state index in [1.165, 1.54) is 23.6 Å². The second-order valence-electron chi connectivity index (χ2n) is 7.65. The van der Waals surface area contributed by atoms with E-state index in [4.69, 9.17) is 11.6 Å². The first kappa shape index (κ1) is 24.0. The molecule has 11 heteroatoms. The number of nitrogens with zero attached hydrogens (tertiary/aromatic N) is 3. The smallest absolute Gasteiger partial charge is 0.435 e. The number of aromatic nitrogens is 2. The molecule has 2 aromatic heterocycles. The van der Waals surface area contributed by atoms with E-state index in [9.17, 15) is 22.8 Å². The average molecular weight is 510 g/mol. The number of halogens is 4. The summed E-state index contributed by atoms with van der Waals surface area (Å²) >= 11 is 7.59. The maximum absolute atomic E-state index is 13.9. The van der Waals surface area contributed by atoms with Crippen molar-refractivity contribution in [1.82, 2.24) is 14.7 Å². The Bertz CT molecular complexity index is 1270. The molecule has 0 radical (unpaired) electrons. The predicted octanol–water partition coefficient (Wildman–Crippen LogP) is 5.12. The minimum atomic E-state index is -4.75. The zero-order chi connectivity index (χ0) is 24.6. The number of benzene rings is 1. The van der Waals surface area contributed by atoms with Gasteiger partial charge in [-0.15, -0.1) is 11.3 Å². The van der Waals surface area contributed by atoms with Crippen LogP contribution in [0.5, 0.6) is 0 Å². The molecule has 0 aliphatic carbocycles. The highest BCUT2D eigenvalue weighted by atomic mass is 35.5. The van der Waals surface area contributed by atoms with Crippen LogP contribution < -0.4 is 0 Å². The Morgan fingerprint density at radius 3 is 2.71 bits per heavy atom. The number of rotatable bonds is 5. The lowest BCUT2D eigenvalue weighted by atomic mass is 9.84. The van der Waals surface area contributed by atoms with Crippen LogP contribution in [0.25, 0.3) is 11.1 Å². The van der Waals surface area contributed by atoms with Crippen LogP contribution in [-0.2, 0) is 33.6 Å². The second-order valence-corrected chi connectivity index (χ2v) is 9.42. The van der Waals surface area contributed by atoms with E-state index < -0.39 is 30.3 Å². The lowest BCUT2D eigenvalue weighted by molar-refractivity contribution is -0.144. The third kappa shape index (κ3) is 4.60. The number of hydrogen-bond acceptors (Lipinski definition) is 5. The number of ether oxygens (including phenoxy) is 1. The van der Waals surface area contributed by atoms with Gasteiger partial charge in [-0.1, -0.05) is 42.4 Å². The van der Waals surface area contributed by atoms with Crippen molar-refractivity contribution < 1.29 is 27.5 Å². The molecule has 0 fully saturated rings. The van der Waals surface area contributed by atoms with Crippen LogP contribution >= 0.6 is 22.9 Å². The molecule has 4 rings (SSSR count). The van der Waals surface area contributed by atoms with Crippen molar-refractivity contribution in [3.05, 3.63) is 75.2 Å². The van der Waals surface area contributed by atoms with Gasteiger partial charge in [0.05, 0.1) is 18.0 Å². The maximum atomic E-state index is 13.9. The highest BCUT2D eigenvalue weighted by molar-refractivity contribution is 7.16. The molecule has 3 heterocycles. The summed E-state index contributed by atoms with van der Waals surface area (Å²) in [4.78, 5) is 26.5. The van der Waals surface area contributed by atoms with E-state index in [1.807, 2.05) is 0 Å². The van der Waals surface area contributed by atoms with Crippen LogP contribution in [0.4, 0.5) is 13.2 Å². The van der Waals surface area contributed by atoms with Gasteiger partial charge in [-0.3, -0.25) is 14.3 Å². The molecule has 0 saturated carbocycles. The van der Waals surface area contributed by atoms with Gasteiger partial charge in [0.2, 0.25) is 5.91 Å². The van der Waals surface area contributed by atoms with Gasteiger partial charge in [0.15, 0.2) is 5.69 Å².